The molecule has 0 radical (unpaired) electrons. The minimum absolute atomic E-state index is 0.218. The Balaban J connectivity index is 2.04. The first-order chi connectivity index (χ1) is 9.70. The Morgan fingerprint density at radius 3 is 2.90 bits per heavy atom. The van der Waals surface area contributed by atoms with E-state index in [1.54, 1.807) is 25.3 Å². The molecule has 0 aliphatic heterocycles. The number of benzene rings is 1. The summed E-state index contributed by atoms with van der Waals surface area (Å²) in [5.41, 5.74) is 1.57. The number of aromatic nitrogens is 1. The quantitative estimate of drug-likeness (QED) is 0.866. The molecule has 1 aromatic heterocycles. The van der Waals surface area contributed by atoms with Crippen molar-refractivity contribution in [3.05, 3.63) is 53.5 Å². The molecule has 1 N–H and O–H groups in total. The van der Waals surface area contributed by atoms with E-state index in [0.29, 0.717) is 17.9 Å². The average Bonchev–Trinajstić information content (AvgIpc) is 2.47. The number of hydrogen-bond acceptors (Lipinski definition) is 3. The summed E-state index contributed by atoms with van der Waals surface area (Å²) in [7, 11) is 0. The number of anilines is 1. The van der Waals surface area contributed by atoms with Crippen LogP contribution in [0, 0.1) is 12.7 Å². The van der Waals surface area contributed by atoms with Crippen molar-refractivity contribution in [3.8, 4) is 5.75 Å². The molecular formula is C16H19FN2O. The lowest BCUT2D eigenvalue weighted by Gasteiger charge is -2.12. The van der Waals surface area contributed by atoms with Gasteiger partial charge in [-0.1, -0.05) is 13.0 Å². The summed E-state index contributed by atoms with van der Waals surface area (Å²) >= 11 is 0. The standard InChI is InChI=1S/C16H19FN2O/c1-3-8-18-16-13(5-4-9-19-16)11-20-14-6-7-15(17)12(2)10-14/h4-7,9-10H,3,8,11H2,1-2H3,(H,18,19). The Labute approximate surface area is 118 Å². The lowest BCUT2D eigenvalue weighted by Crippen LogP contribution is -2.07. The second-order valence-electron chi connectivity index (χ2n) is 4.64. The van der Waals surface area contributed by atoms with Gasteiger partial charge >= 0.3 is 0 Å². The minimum Gasteiger partial charge on any atom is -0.489 e. The molecule has 0 bridgehead atoms. The van der Waals surface area contributed by atoms with Crippen LogP contribution in [0.2, 0.25) is 0 Å². The van der Waals surface area contributed by atoms with Gasteiger partial charge in [-0.05, 0) is 43.2 Å². The lowest BCUT2D eigenvalue weighted by atomic mass is 10.2. The van der Waals surface area contributed by atoms with Crippen molar-refractivity contribution in [1.82, 2.24) is 4.98 Å². The van der Waals surface area contributed by atoms with E-state index in [1.165, 1.54) is 6.07 Å². The number of halogens is 1. The monoisotopic (exact) mass is 274 g/mol. The van der Waals surface area contributed by atoms with Gasteiger partial charge in [0.1, 0.15) is 24.0 Å². The molecule has 2 aromatic rings. The molecule has 106 valence electrons. The molecule has 0 atom stereocenters. The fraction of sp³-hybridized carbons (Fsp3) is 0.312. The van der Waals surface area contributed by atoms with Crippen LogP contribution < -0.4 is 10.1 Å². The molecule has 3 nitrogen and oxygen atoms in total. The van der Waals surface area contributed by atoms with Gasteiger partial charge in [-0.25, -0.2) is 9.37 Å². The zero-order chi connectivity index (χ0) is 14.4. The number of aryl methyl sites for hydroxylation is 1. The van der Waals surface area contributed by atoms with Crippen LogP contribution in [0.15, 0.2) is 36.5 Å². The van der Waals surface area contributed by atoms with E-state index in [-0.39, 0.29) is 5.82 Å². The summed E-state index contributed by atoms with van der Waals surface area (Å²) in [6.07, 6.45) is 2.79. The van der Waals surface area contributed by atoms with Crippen molar-refractivity contribution in [2.75, 3.05) is 11.9 Å². The molecule has 0 fully saturated rings. The van der Waals surface area contributed by atoms with Crippen LogP contribution in [0.1, 0.15) is 24.5 Å². The Kier molecular flexibility index (Phi) is 4.93. The molecule has 0 unspecified atom stereocenters. The number of hydrogen-bond donors (Lipinski definition) is 1. The van der Waals surface area contributed by atoms with Gasteiger partial charge in [-0.2, -0.15) is 0 Å². The van der Waals surface area contributed by atoms with E-state index < -0.39 is 0 Å². The molecule has 0 aliphatic rings. The molecule has 0 saturated heterocycles. The maximum absolute atomic E-state index is 13.2. The molecule has 4 heteroatoms. The van der Waals surface area contributed by atoms with Crippen molar-refractivity contribution < 1.29 is 9.13 Å². The maximum atomic E-state index is 13.2. The van der Waals surface area contributed by atoms with E-state index in [1.807, 2.05) is 12.1 Å². The van der Waals surface area contributed by atoms with Gasteiger partial charge in [0.25, 0.3) is 0 Å². The molecule has 0 spiro atoms. The van der Waals surface area contributed by atoms with Gasteiger partial charge in [-0.3, -0.25) is 0 Å². The van der Waals surface area contributed by atoms with E-state index in [9.17, 15) is 4.39 Å². The van der Waals surface area contributed by atoms with E-state index >= 15 is 0 Å². The smallest absolute Gasteiger partial charge is 0.132 e. The van der Waals surface area contributed by atoms with Crippen LogP contribution in [0.4, 0.5) is 10.2 Å². The molecule has 1 aromatic carbocycles. The molecule has 0 amide bonds. The first-order valence-electron chi connectivity index (χ1n) is 6.77. The Morgan fingerprint density at radius 1 is 1.30 bits per heavy atom. The number of ether oxygens (including phenoxy) is 1. The van der Waals surface area contributed by atoms with Crippen molar-refractivity contribution in [3.63, 3.8) is 0 Å². The van der Waals surface area contributed by atoms with Crippen LogP contribution in [0.25, 0.3) is 0 Å². The summed E-state index contributed by atoms with van der Waals surface area (Å²) in [5, 5.41) is 3.27. The Hall–Kier alpha value is -2.10. The van der Waals surface area contributed by atoms with E-state index in [4.69, 9.17) is 4.74 Å². The first kappa shape index (κ1) is 14.3. The van der Waals surface area contributed by atoms with Crippen molar-refractivity contribution in [2.24, 2.45) is 0 Å². The topological polar surface area (TPSA) is 34.2 Å². The second kappa shape index (κ2) is 6.89. The van der Waals surface area contributed by atoms with Crippen molar-refractivity contribution in [1.29, 1.82) is 0 Å². The Bertz CT molecular complexity index is 572. The largest absolute Gasteiger partial charge is 0.489 e. The normalized spacial score (nSPS) is 10.3. The second-order valence-corrected chi connectivity index (χ2v) is 4.64. The molecule has 0 aliphatic carbocycles. The molecule has 2 rings (SSSR count). The van der Waals surface area contributed by atoms with Gasteiger partial charge in [0.05, 0.1) is 0 Å². The third-order valence-corrected chi connectivity index (χ3v) is 2.96. The summed E-state index contributed by atoms with van der Waals surface area (Å²) in [6.45, 7) is 5.11. The lowest BCUT2D eigenvalue weighted by molar-refractivity contribution is 0.305. The van der Waals surface area contributed by atoms with Gasteiger partial charge in [0.15, 0.2) is 0 Å². The average molecular weight is 274 g/mol. The SMILES string of the molecule is CCCNc1ncccc1COc1ccc(F)c(C)c1. The van der Waals surface area contributed by atoms with Crippen LogP contribution in [0.5, 0.6) is 5.75 Å². The van der Waals surface area contributed by atoms with E-state index in [0.717, 1.165) is 24.3 Å². The first-order valence-corrected chi connectivity index (χ1v) is 6.77. The summed E-state index contributed by atoms with van der Waals surface area (Å²) < 4.78 is 18.9. The van der Waals surface area contributed by atoms with E-state index in [2.05, 4.69) is 17.2 Å². The zero-order valence-corrected chi connectivity index (χ0v) is 11.8. The number of nitrogens with one attached hydrogen (secondary N) is 1. The molecule has 1 heterocycles. The summed E-state index contributed by atoms with van der Waals surface area (Å²) in [4.78, 5) is 4.31. The Morgan fingerprint density at radius 2 is 2.15 bits per heavy atom. The predicted molar refractivity (Wildman–Crippen MR) is 78.5 cm³/mol. The number of nitrogens with zero attached hydrogens (tertiary/aromatic N) is 1. The number of pyridine rings is 1. The zero-order valence-electron chi connectivity index (χ0n) is 11.8. The van der Waals surface area contributed by atoms with Gasteiger partial charge in [-0.15, -0.1) is 0 Å². The minimum atomic E-state index is -0.218. The fourth-order valence-corrected chi connectivity index (χ4v) is 1.83. The van der Waals surface area contributed by atoms with Crippen LogP contribution in [0.3, 0.4) is 0 Å². The van der Waals surface area contributed by atoms with Crippen molar-refractivity contribution >= 4 is 5.82 Å². The third-order valence-electron chi connectivity index (χ3n) is 2.96. The van der Waals surface area contributed by atoms with Crippen LogP contribution in [-0.2, 0) is 6.61 Å². The maximum Gasteiger partial charge on any atom is 0.132 e. The van der Waals surface area contributed by atoms with Gasteiger partial charge < -0.3 is 10.1 Å². The predicted octanol–water partition coefficient (Wildman–Crippen LogP) is 3.93. The van der Waals surface area contributed by atoms with Crippen LogP contribution in [-0.4, -0.2) is 11.5 Å². The third kappa shape index (κ3) is 3.70. The molecule has 0 saturated carbocycles. The van der Waals surface area contributed by atoms with Gasteiger partial charge in [0, 0.05) is 18.3 Å². The summed E-state index contributed by atoms with van der Waals surface area (Å²) in [5.74, 6) is 1.28. The highest BCUT2D eigenvalue weighted by atomic mass is 19.1. The molecule has 20 heavy (non-hydrogen) atoms. The molecular weight excluding hydrogens is 255 g/mol. The highest BCUT2D eigenvalue weighted by Crippen LogP contribution is 2.19. The fourth-order valence-electron chi connectivity index (χ4n) is 1.83. The number of rotatable bonds is 6. The summed E-state index contributed by atoms with van der Waals surface area (Å²) in [6, 6.07) is 8.61. The van der Waals surface area contributed by atoms with Crippen molar-refractivity contribution in [2.45, 2.75) is 26.9 Å². The van der Waals surface area contributed by atoms with Gasteiger partial charge in [0.2, 0.25) is 0 Å². The highest BCUT2D eigenvalue weighted by molar-refractivity contribution is 5.43. The highest BCUT2D eigenvalue weighted by Gasteiger charge is 2.05. The van der Waals surface area contributed by atoms with Crippen LogP contribution >= 0.6 is 0 Å².